The van der Waals surface area contributed by atoms with Gasteiger partial charge in [0.15, 0.2) is 0 Å². The molecule has 0 amide bonds. The zero-order chi connectivity index (χ0) is 18.1. The first kappa shape index (κ1) is 16.3. The number of esters is 1. The molecule has 7 heteroatoms. The molecule has 1 aromatic carbocycles. The second-order valence-electron chi connectivity index (χ2n) is 5.63. The van der Waals surface area contributed by atoms with E-state index in [0.717, 1.165) is 11.1 Å². The van der Waals surface area contributed by atoms with Gasteiger partial charge in [0, 0.05) is 10.9 Å². The molecule has 0 spiro atoms. The molecule has 4 rings (SSSR count). The minimum Gasteiger partial charge on any atom is -0.463 e. The number of fused-ring (bicyclic) bond motifs is 1. The Morgan fingerprint density at radius 3 is 2.81 bits per heavy atom. The molecule has 0 aliphatic heterocycles. The van der Waals surface area contributed by atoms with Gasteiger partial charge >= 0.3 is 5.97 Å². The number of carbonyl (C=O) groups excluding carboxylic acids is 1. The third-order valence-corrected chi connectivity index (χ3v) is 4.91. The summed E-state index contributed by atoms with van der Waals surface area (Å²) in [6, 6.07) is 12.9. The molecule has 0 saturated heterocycles. The molecule has 6 nitrogen and oxygen atoms in total. The van der Waals surface area contributed by atoms with Gasteiger partial charge < -0.3 is 9.15 Å². The molecule has 0 N–H and O–H groups in total. The molecule has 0 atom stereocenters. The maximum absolute atomic E-state index is 13.0. The van der Waals surface area contributed by atoms with E-state index in [1.54, 1.807) is 6.07 Å². The van der Waals surface area contributed by atoms with Gasteiger partial charge in [0.2, 0.25) is 5.76 Å². The van der Waals surface area contributed by atoms with Gasteiger partial charge in [-0.15, -0.1) is 11.3 Å². The van der Waals surface area contributed by atoms with E-state index >= 15 is 0 Å². The summed E-state index contributed by atoms with van der Waals surface area (Å²) in [7, 11) is 1.29. The van der Waals surface area contributed by atoms with Crippen LogP contribution in [0.25, 0.3) is 21.3 Å². The summed E-state index contributed by atoms with van der Waals surface area (Å²) in [6.45, 7) is 0.183. The number of rotatable bonds is 4. The average Bonchev–Trinajstić information content (AvgIpc) is 3.31. The highest BCUT2D eigenvalue weighted by molar-refractivity contribution is 7.17. The van der Waals surface area contributed by atoms with Crippen LogP contribution in [-0.4, -0.2) is 22.6 Å². The second-order valence-corrected chi connectivity index (χ2v) is 6.49. The van der Waals surface area contributed by atoms with E-state index in [9.17, 15) is 9.59 Å². The summed E-state index contributed by atoms with van der Waals surface area (Å²) < 4.78 is 11.5. The molecular formula is C19H14N2O4S. The lowest BCUT2D eigenvalue weighted by molar-refractivity contribution is 0.0563. The molecular weight excluding hydrogens is 352 g/mol. The Bertz CT molecular complexity index is 1140. The number of nitrogens with zero attached hydrogens (tertiary/aromatic N) is 2. The van der Waals surface area contributed by atoms with Gasteiger partial charge in [0.25, 0.3) is 5.56 Å². The molecule has 0 bridgehead atoms. The molecule has 0 aliphatic rings. The minimum atomic E-state index is -0.554. The van der Waals surface area contributed by atoms with E-state index in [4.69, 9.17) is 4.42 Å². The van der Waals surface area contributed by atoms with E-state index in [2.05, 4.69) is 9.72 Å². The van der Waals surface area contributed by atoms with Crippen molar-refractivity contribution >= 4 is 27.5 Å². The first-order chi connectivity index (χ1) is 12.7. The Morgan fingerprint density at radius 1 is 1.23 bits per heavy atom. The fraction of sp³-hybridized carbons (Fsp3) is 0.105. The highest BCUT2D eigenvalue weighted by Crippen LogP contribution is 2.30. The fourth-order valence-electron chi connectivity index (χ4n) is 2.75. The smallest absolute Gasteiger partial charge is 0.373 e. The van der Waals surface area contributed by atoms with Crippen LogP contribution in [0.5, 0.6) is 0 Å². The van der Waals surface area contributed by atoms with Crippen LogP contribution in [0.4, 0.5) is 0 Å². The van der Waals surface area contributed by atoms with Crippen LogP contribution in [0.15, 0.2) is 63.4 Å². The second kappa shape index (κ2) is 6.61. The normalized spacial score (nSPS) is 11.0. The number of furan rings is 1. The molecule has 4 aromatic rings. The summed E-state index contributed by atoms with van der Waals surface area (Å²) in [5.41, 5.74) is 1.69. The number of hydrogen-bond donors (Lipinski definition) is 0. The number of aromatic nitrogens is 2. The van der Waals surface area contributed by atoms with Gasteiger partial charge in [0.1, 0.15) is 10.6 Å². The van der Waals surface area contributed by atoms with Crippen molar-refractivity contribution in [2.75, 3.05) is 7.11 Å². The Kier molecular flexibility index (Phi) is 4.14. The molecule has 0 unspecified atom stereocenters. The standard InChI is InChI=1S/C19H14N2O4S/c1-24-19(23)15-8-7-13(25-15)9-21-11-20-17-16(18(21)22)14(10-26-17)12-5-3-2-4-6-12/h2-8,10-11H,9H2,1H3. The van der Waals surface area contributed by atoms with Crippen LogP contribution in [-0.2, 0) is 11.3 Å². The van der Waals surface area contributed by atoms with Crippen molar-refractivity contribution < 1.29 is 13.9 Å². The van der Waals surface area contributed by atoms with Gasteiger partial charge in [-0.3, -0.25) is 9.36 Å². The highest BCUT2D eigenvalue weighted by Gasteiger charge is 2.15. The van der Waals surface area contributed by atoms with Crippen molar-refractivity contribution in [2.45, 2.75) is 6.54 Å². The monoisotopic (exact) mass is 366 g/mol. The zero-order valence-corrected chi connectivity index (χ0v) is 14.7. The van der Waals surface area contributed by atoms with Crippen LogP contribution in [0, 0.1) is 0 Å². The van der Waals surface area contributed by atoms with Gasteiger partial charge in [-0.2, -0.15) is 0 Å². The van der Waals surface area contributed by atoms with Crippen molar-refractivity contribution in [3.8, 4) is 11.1 Å². The average molecular weight is 366 g/mol. The van der Waals surface area contributed by atoms with Gasteiger partial charge in [-0.1, -0.05) is 30.3 Å². The Labute approximate surface area is 152 Å². The van der Waals surface area contributed by atoms with E-state index in [1.807, 2.05) is 35.7 Å². The number of benzene rings is 1. The largest absolute Gasteiger partial charge is 0.463 e. The predicted octanol–water partition coefficient (Wildman–Crippen LogP) is 3.55. The lowest BCUT2D eigenvalue weighted by Gasteiger charge is -2.04. The third-order valence-electron chi connectivity index (χ3n) is 4.02. The van der Waals surface area contributed by atoms with E-state index in [1.165, 1.54) is 35.4 Å². The number of methoxy groups -OCH3 is 1. The molecule has 3 heterocycles. The lowest BCUT2D eigenvalue weighted by atomic mass is 10.1. The van der Waals surface area contributed by atoms with Crippen molar-refractivity contribution in [1.29, 1.82) is 0 Å². The summed E-state index contributed by atoms with van der Waals surface area (Å²) in [5, 5.41) is 2.53. The van der Waals surface area contributed by atoms with Crippen LogP contribution >= 0.6 is 11.3 Å². The third kappa shape index (κ3) is 2.82. The molecule has 0 aliphatic carbocycles. The van der Waals surface area contributed by atoms with Crippen LogP contribution in [0.3, 0.4) is 0 Å². The molecule has 3 aromatic heterocycles. The summed E-state index contributed by atoms with van der Waals surface area (Å²) >= 11 is 1.44. The maximum Gasteiger partial charge on any atom is 0.373 e. The Hall–Kier alpha value is -3.19. The van der Waals surface area contributed by atoms with Gasteiger partial charge in [-0.25, -0.2) is 9.78 Å². The summed E-state index contributed by atoms with van der Waals surface area (Å²) in [4.78, 5) is 29.6. The molecule has 0 radical (unpaired) electrons. The van der Waals surface area contributed by atoms with Crippen LogP contribution in [0.1, 0.15) is 16.3 Å². The fourth-order valence-corrected chi connectivity index (χ4v) is 3.66. The van der Waals surface area contributed by atoms with E-state index in [-0.39, 0.29) is 17.9 Å². The number of ether oxygens (including phenoxy) is 1. The topological polar surface area (TPSA) is 74.3 Å². The SMILES string of the molecule is COC(=O)c1ccc(Cn2cnc3scc(-c4ccccc4)c3c2=O)o1. The Morgan fingerprint density at radius 2 is 2.04 bits per heavy atom. The molecule has 130 valence electrons. The number of hydrogen-bond acceptors (Lipinski definition) is 6. The number of thiophene rings is 1. The van der Waals surface area contributed by atoms with Gasteiger partial charge in [-0.05, 0) is 17.7 Å². The summed E-state index contributed by atoms with van der Waals surface area (Å²) in [5.74, 6) is 0.0246. The molecule has 0 fully saturated rings. The zero-order valence-electron chi connectivity index (χ0n) is 13.8. The van der Waals surface area contributed by atoms with E-state index in [0.29, 0.717) is 16.0 Å². The first-order valence-corrected chi connectivity index (χ1v) is 8.74. The number of carbonyl (C=O) groups is 1. The summed E-state index contributed by atoms with van der Waals surface area (Å²) in [6.07, 6.45) is 1.50. The van der Waals surface area contributed by atoms with Crippen LogP contribution in [0.2, 0.25) is 0 Å². The lowest BCUT2D eigenvalue weighted by Crippen LogP contribution is -2.20. The van der Waals surface area contributed by atoms with Gasteiger partial charge in [0.05, 0.1) is 25.4 Å². The van der Waals surface area contributed by atoms with Crippen molar-refractivity contribution in [2.24, 2.45) is 0 Å². The Balaban J connectivity index is 1.75. The first-order valence-electron chi connectivity index (χ1n) is 7.86. The van der Waals surface area contributed by atoms with Crippen LogP contribution < -0.4 is 5.56 Å². The van der Waals surface area contributed by atoms with Crippen molar-refractivity contribution in [1.82, 2.24) is 9.55 Å². The van der Waals surface area contributed by atoms with Crippen molar-refractivity contribution in [3.05, 3.63) is 76.0 Å². The van der Waals surface area contributed by atoms with E-state index < -0.39 is 5.97 Å². The molecule has 0 saturated carbocycles. The highest BCUT2D eigenvalue weighted by atomic mass is 32.1. The van der Waals surface area contributed by atoms with Crippen molar-refractivity contribution in [3.63, 3.8) is 0 Å². The minimum absolute atomic E-state index is 0.102. The predicted molar refractivity (Wildman–Crippen MR) is 98.5 cm³/mol. The quantitative estimate of drug-likeness (QED) is 0.516. The molecule has 26 heavy (non-hydrogen) atoms. The maximum atomic E-state index is 13.0.